The Hall–Kier alpha value is -0.890. The molecule has 116 valence electrons. The summed E-state index contributed by atoms with van der Waals surface area (Å²) in [7, 11) is 0. The van der Waals surface area contributed by atoms with Gasteiger partial charge in [-0.05, 0) is 38.3 Å². The summed E-state index contributed by atoms with van der Waals surface area (Å²) in [6, 6.07) is 5.34. The van der Waals surface area contributed by atoms with E-state index in [1.165, 1.54) is 17.1 Å². The summed E-state index contributed by atoms with van der Waals surface area (Å²) in [4.78, 5) is 17.5. The first-order valence-electron chi connectivity index (χ1n) is 7.44. The van der Waals surface area contributed by atoms with Crippen LogP contribution in [0.3, 0.4) is 0 Å². The predicted octanol–water partition coefficient (Wildman–Crippen LogP) is 3.29. The van der Waals surface area contributed by atoms with Gasteiger partial charge < -0.3 is 10.6 Å². The quantitative estimate of drug-likeness (QED) is 0.887. The van der Waals surface area contributed by atoms with Crippen molar-refractivity contribution in [1.82, 2.24) is 15.6 Å². The van der Waals surface area contributed by atoms with Crippen LogP contribution in [0.1, 0.15) is 33.9 Å². The van der Waals surface area contributed by atoms with Crippen LogP contribution >= 0.6 is 34.4 Å². The van der Waals surface area contributed by atoms with E-state index >= 15 is 0 Å². The first kappa shape index (κ1) is 14.7. The van der Waals surface area contributed by atoms with Gasteiger partial charge in [-0.25, -0.2) is 4.98 Å². The summed E-state index contributed by atoms with van der Waals surface area (Å²) in [6.07, 6.45) is 5.41. The number of aryl methyl sites for hydroxylation is 1. The molecule has 1 amide bonds. The second-order valence-electron chi connectivity index (χ2n) is 5.78. The molecule has 2 fully saturated rings. The number of nitrogens with one attached hydrogen (secondary N) is 2. The number of hydrogen-bond acceptors (Lipinski definition) is 6. The standard InChI is InChI=1S/C15H17N3OS3/c1-8-16-7-14(20-8)22-13-5-4-12(21-13)15(19)18-11-6-9-2-3-10(11)17-9/h4-5,7,9-11,17H,2-3,6H2,1H3,(H,18,19). The average Bonchev–Trinajstić information content (AvgIpc) is 3.24. The number of thiazole rings is 1. The molecule has 3 unspecified atom stereocenters. The zero-order valence-corrected chi connectivity index (χ0v) is 14.6. The van der Waals surface area contributed by atoms with Crippen molar-refractivity contribution in [2.24, 2.45) is 0 Å². The lowest BCUT2D eigenvalue weighted by Crippen LogP contribution is -2.42. The van der Waals surface area contributed by atoms with Crippen molar-refractivity contribution in [3.05, 3.63) is 28.2 Å². The number of amides is 1. The summed E-state index contributed by atoms with van der Waals surface area (Å²) in [5, 5.41) is 7.82. The van der Waals surface area contributed by atoms with Gasteiger partial charge in [0.15, 0.2) is 0 Å². The number of fused-ring (bicyclic) bond motifs is 2. The molecule has 0 aliphatic carbocycles. The van der Waals surface area contributed by atoms with E-state index in [-0.39, 0.29) is 5.91 Å². The van der Waals surface area contributed by atoms with Crippen LogP contribution in [0.25, 0.3) is 0 Å². The highest BCUT2D eigenvalue weighted by Crippen LogP contribution is 2.36. The van der Waals surface area contributed by atoms with Crippen LogP contribution in [0.5, 0.6) is 0 Å². The number of hydrogen-bond donors (Lipinski definition) is 2. The number of thiophene rings is 1. The number of rotatable bonds is 4. The molecule has 2 saturated heterocycles. The van der Waals surface area contributed by atoms with Crippen molar-refractivity contribution in [2.45, 2.75) is 52.7 Å². The maximum atomic E-state index is 12.4. The van der Waals surface area contributed by atoms with E-state index in [0.717, 1.165) is 20.5 Å². The highest BCUT2D eigenvalue weighted by molar-refractivity contribution is 8.02. The molecule has 22 heavy (non-hydrogen) atoms. The molecule has 0 radical (unpaired) electrons. The third-order valence-corrected chi connectivity index (χ3v) is 7.45. The first-order valence-corrected chi connectivity index (χ1v) is 9.89. The van der Waals surface area contributed by atoms with Crippen LogP contribution in [-0.4, -0.2) is 29.0 Å². The second kappa shape index (κ2) is 5.96. The Kier molecular flexibility index (Phi) is 3.98. The highest BCUT2D eigenvalue weighted by Gasteiger charge is 2.39. The van der Waals surface area contributed by atoms with Crippen molar-refractivity contribution in [1.29, 1.82) is 0 Å². The molecule has 0 aromatic carbocycles. The van der Waals surface area contributed by atoms with E-state index < -0.39 is 0 Å². The average molecular weight is 352 g/mol. The lowest BCUT2D eigenvalue weighted by atomic mass is 9.95. The van der Waals surface area contributed by atoms with Crippen molar-refractivity contribution < 1.29 is 4.79 Å². The minimum Gasteiger partial charge on any atom is -0.347 e. The fourth-order valence-corrected chi connectivity index (χ4v) is 6.45. The molecular weight excluding hydrogens is 334 g/mol. The molecule has 2 aromatic heterocycles. The molecule has 2 aliphatic heterocycles. The number of carbonyl (C=O) groups excluding carboxylic acids is 1. The van der Waals surface area contributed by atoms with Gasteiger partial charge in [-0.1, -0.05) is 11.8 Å². The Morgan fingerprint density at radius 3 is 2.95 bits per heavy atom. The SMILES string of the molecule is Cc1ncc(Sc2ccc(C(=O)NC3CC4CCC3N4)s2)s1. The first-order chi connectivity index (χ1) is 10.7. The Morgan fingerprint density at radius 2 is 2.27 bits per heavy atom. The molecule has 2 aliphatic rings. The number of nitrogens with zero attached hydrogens (tertiary/aromatic N) is 1. The van der Waals surface area contributed by atoms with Crippen molar-refractivity contribution in [3.63, 3.8) is 0 Å². The molecule has 0 spiro atoms. The molecule has 4 heterocycles. The van der Waals surface area contributed by atoms with Crippen LogP contribution in [0.2, 0.25) is 0 Å². The third-order valence-electron chi connectivity index (χ3n) is 4.22. The van der Waals surface area contributed by atoms with Crippen LogP contribution in [0, 0.1) is 6.92 Å². The molecule has 4 rings (SSSR count). The Morgan fingerprint density at radius 1 is 1.36 bits per heavy atom. The van der Waals surface area contributed by atoms with Gasteiger partial charge in [-0.3, -0.25) is 4.79 Å². The smallest absolute Gasteiger partial charge is 0.261 e. The zero-order chi connectivity index (χ0) is 15.1. The van der Waals surface area contributed by atoms with Crippen LogP contribution in [-0.2, 0) is 0 Å². The topological polar surface area (TPSA) is 54.0 Å². The molecule has 7 heteroatoms. The fourth-order valence-electron chi connectivity index (χ4n) is 3.21. The second-order valence-corrected chi connectivity index (χ2v) is 9.70. The molecule has 4 nitrogen and oxygen atoms in total. The van der Waals surface area contributed by atoms with Gasteiger partial charge in [-0.15, -0.1) is 22.7 Å². The van der Waals surface area contributed by atoms with E-state index in [9.17, 15) is 4.79 Å². The zero-order valence-electron chi connectivity index (χ0n) is 12.2. The van der Waals surface area contributed by atoms with Gasteiger partial charge in [0, 0.05) is 18.1 Å². The van der Waals surface area contributed by atoms with Crippen molar-refractivity contribution >= 4 is 40.3 Å². The molecule has 0 saturated carbocycles. The summed E-state index contributed by atoms with van der Waals surface area (Å²) < 4.78 is 2.31. The minimum absolute atomic E-state index is 0.0664. The van der Waals surface area contributed by atoms with Gasteiger partial charge >= 0.3 is 0 Å². The van der Waals surface area contributed by atoms with E-state index in [2.05, 4.69) is 15.6 Å². The minimum atomic E-state index is 0.0664. The van der Waals surface area contributed by atoms with E-state index in [1.54, 1.807) is 34.4 Å². The van der Waals surface area contributed by atoms with E-state index in [1.807, 2.05) is 25.3 Å². The third kappa shape index (κ3) is 2.95. The van der Waals surface area contributed by atoms with E-state index in [4.69, 9.17) is 0 Å². The fraction of sp³-hybridized carbons (Fsp3) is 0.467. The maximum Gasteiger partial charge on any atom is 0.261 e. The van der Waals surface area contributed by atoms with E-state index in [0.29, 0.717) is 18.1 Å². The number of carbonyl (C=O) groups is 1. The summed E-state index contributed by atoms with van der Waals surface area (Å²) in [5.41, 5.74) is 0. The molecular formula is C15H17N3OS3. The maximum absolute atomic E-state index is 12.4. The highest BCUT2D eigenvalue weighted by atomic mass is 32.2. The van der Waals surface area contributed by atoms with Gasteiger partial charge in [0.1, 0.15) is 0 Å². The van der Waals surface area contributed by atoms with Gasteiger partial charge in [0.05, 0.1) is 24.5 Å². The van der Waals surface area contributed by atoms with Crippen molar-refractivity contribution in [2.75, 3.05) is 0 Å². The molecule has 2 N–H and O–H groups in total. The molecule has 2 aromatic rings. The van der Waals surface area contributed by atoms with Crippen LogP contribution in [0.4, 0.5) is 0 Å². The van der Waals surface area contributed by atoms with Crippen molar-refractivity contribution in [3.8, 4) is 0 Å². The summed E-state index contributed by atoms with van der Waals surface area (Å²) in [5.74, 6) is 0.0664. The molecule has 2 bridgehead atoms. The normalized spacial score (nSPS) is 26.5. The van der Waals surface area contributed by atoms with Gasteiger partial charge in [0.2, 0.25) is 0 Å². The lowest BCUT2D eigenvalue weighted by Gasteiger charge is -2.20. The van der Waals surface area contributed by atoms with Crippen LogP contribution in [0.15, 0.2) is 26.7 Å². The summed E-state index contributed by atoms with van der Waals surface area (Å²) in [6.45, 7) is 2.01. The largest absolute Gasteiger partial charge is 0.347 e. The number of aromatic nitrogens is 1. The van der Waals surface area contributed by atoms with Gasteiger partial charge in [0.25, 0.3) is 5.91 Å². The predicted molar refractivity (Wildman–Crippen MR) is 91.1 cm³/mol. The van der Waals surface area contributed by atoms with Gasteiger partial charge in [-0.2, -0.15) is 0 Å². The summed E-state index contributed by atoms with van der Waals surface area (Å²) >= 11 is 4.93. The molecule has 3 atom stereocenters. The Bertz CT molecular complexity index is 696. The lowest BCUT2D eigenvalue weighted by molar-refractivity contribution is 0.0935. The van der Waals surface area contributed by atoms with Crippen LogP contribution < -0.4 is 10.6 Å². The Labute approximate surface area is 141 Å². The monoisotopic (exact) mass is 351 g/mol. The Balaban J connectivity index is 1.39.